The predicted octanol–water partition coefficient (Wildman–Crippen LogP) is 3.10. The number of carbonyl (C=O) groups is 1. The lowest BCUT2D eigenvalue weighted by Gasteiger charge is -2.25. The molecule has 0 unspecified atom stereocenters. The average Bonchev–Trinajstić information content (AvgIpc) is 2.91. The molecule has 0 atom stereocenters. The van der Waals surface area contributed by atoms with E-state index in [1.807, 2.05) is 19.1 Å². The van der Waals surface area contributed by atoms with Gasteiger partial charge in [-0.05, 0) is 31.4 Å². The Morgan fingerprint density at radius 2 is 2.18 bits per heavy atom. The van der Waals surface area contributed by atoms with Gasteiger partial charge in [-0.1, -0.05) is 12.6 Å². The van der Waals surface area contributed by atoms with E-state index in [1.54, 1.807) is 6.20 Å². The van der Waals surface area contributed by atoms with Crippen LogP contribution in [-0.2, 0) is 0 Å². The zero-order valence-corrected chi connectivity index (χ0v) is 12.9. The number of aromatic nitrogens is 2. The van der Waals surface area contributed by atoms with E-state index >= 15 is 0 Å². The Morgan fingerprint density at radius 1 is 1.45 bits per heavy atom. The number of benzene rings is 1. The van der Waals surface area contributed by atoms with Gasteiger partial charge in [0.2, 0.25) is 5.91 Å². The van der Waals surface area contributed by atoms with E-state index < -0.39 is 0 Å². The second kappa shape index (κ2) is 5.84. The van der Waals surface area contributed by atoms with E-state index in [1.165, 1.54) is 11.6 Å². The Hall–Kier alpha value is -2.29. The molecule has 1 aliphatic rings. The van der Waals surface area contributed by atoms with Crippen molar-refractivity contribution >= 4 is 23.5 Å². The number of fused-ring (bicyclic) bond motifs is 1. The minimum Gasteiger partial charge on any atom is -0.490 e. The van der Waals surface area contributed by atoms with Gasteiger partial charge in [0.15, 0.2) is 0 Å². The van der Waals surface area contributed by atoms with Crippen LogP contribution < -0.4 is 4.74 Å². The molecule has 1 fully saturated rings. The maximum absolute atomic E-state index is 11.6. The number of nitriles is 1. The first-order valence-corrected chi connectivity index (χ1v) is 7.64. The Labute approximate surface area is 129 Å². The second-order valence-electron chi connectivity index (χ2n) is 5.97. The largest absolute Gasteiger partial charge is 0.490 e. The third kappa shape index (κ3) is 2.71. The van der Waals surface area contributed by atoms with Gasteiger partial charge in [0.1, 0.15) is 5.75 Å². The van der Waals surface area contributed by atoms with Gasteiger partial charge in [-0.3, -0.25) is 4.79 Å². The van der Waals surface area contributed by atoms with Crippen LogP contribution in [0.4, 0.5) is 0 Å². The van der Waals surface area contributed by atoms with E-state index in [0.29, 0.717) is 0 Å². The summed E-state index contributed by atoms with van der Waals surface area (Å²) >= 11 is 0. The molecule has 112 valence electrons. The number of hydrogen-bond donors (Lipinski definition) is 0. The predicted molar refractivity (Wildman–Crippen MR) is 85.4 cm³/mol. The maximum atomic E-state index is 11.6. The van der Waals surface area contributed by atoms with Gasteiger partial charge in [-0.2, -0.15) is 5.10 Å². The topological polar surface area (TPSA) is 67.9 Å². The number of hydrogen-bond acceptors (Lipinski definition) is 4. The van der Waals surface area contributed by atoms with Crippen molar-refractivity contribution in [2.75, 3.05) is 0 Å². The van der Waals surface area contributed by atoms with Crippen LogP contribution in [0.3, 0.4) is 0 Å². The highest BCUT2D eigenvalue weighted by Crippen LogP contribution is 2.29. The Morgan fingerprint density at radius 3 is 2.82 bits per heavy atom. The lowest BCUT2D eigenvalue weighted by Crippen LogP contribution is -2.27. The van der Waals surface area contributed by atoms with E-state index in [2.05, 4.69) is 11.1 Å². The van der Waals surface area contributed by atoms with Crippen LogP contribution in [0.25, 0.3) is 10.9 Å². The molecule has 0 aliphatic carbocycles. The first-order valence-electron chi connectivity index (χ1n) is 7.64. The molecule has 2 aromatic rings. The van der Waals surface area contributed by atoms with Crippen molar-refractivity contribution in [3.05, 3.63) is 23.9 Å². The second-order valence-corrected chi connectivity index (χ2v) is 5.97. The fourth-order valence-electron chi connectivity index (χ4n) is 3.04. The summed E-state index contributed by atoms with van der Waals surface area (Å²) in [5, 5.41) is 14.0. The fourth-order valence-corrected chi connectivity index (χ4v) is 3.04. The van der Waals surface area contributed by atoms with Crippen molar-refractivity contribution in [2.24, 2.45) is 0 Å². The number of aryl methyl sites for hydroxylation is 1. The Balaban J connectivity index is 1.84. The monoisotopic (exact) mass is 295 g/mol. The minimum absolute atomic E-state index is 0.112. The molecule has 22 heavy (non-hydrogen) atoms. The summed E-state index contributed by atoms with van der Waals surface area (Å²) in [5.41, 5.74) is 1.82. The summed E-state index contributed by atoms with van der Waals surface area (Å²) in [7, 11) is 0. The summed E-state index contributed by atoms with van der Waals surface area (Å²) in [6, 6.07) is 3.90. The van der Waals surface area contributed by atoms with E-state index in [-0.39, 0.29) is 18.7 Å². The smallest absolute Gasteiger partial charge is 0.268 e. The third-order valence-corrected chi connectivity index (χ3v) is 4.31. The molecule has 0 N–H and O–H groups in total. The van der Waals surface area contributed by atoms with Gasteiger partial charge in [0, 0.05) is 24.3 Å². The Kier molecular flexibility index (Phi) is 3.89. The summed E-state index contributed by atoms with van der Waals surface area (Å²) in [5.74, 6) is 3.03. The molecule has 2 heterocycles. The van der Waals surface area contributed by atoms with Crippen LogP contribution in [0.15, 0.2) is 18.3 Å². The quantitative estimate of drug-likeness (QED) is 0.798. The van der Waals surface area contributed by atoms with Crippen LogP contribution in [0.5, 0.6) is 5.75 Å². The number of rotatable bonds is 2. The highest BCUT2D eigenvalue weighted by atomic mass is 16.5. The van der Waals surface area contributed by atoms with Gasteiger partial charge in [0.05, 0.1) is 17.8 Å². The van der Waals surface area contributed by atoms with Gasteiger partial charge in [-0.25, -0.2) is 9.94 Å². The van der Waals surface area contributed by atoms with Crippen molar-refractivity contribution in [1.82, 2.24) is 9.78 Å². The molecule has 5 nitrogen and oxygen atoms in total. The molecule has 0 radical (unpaired) electrons. The van der Waals surface area contributed by atoms with Crippen LogP contribution in [0.2, 0.25) is 12.6 Å². The number of nitrogens with zero attached hydrogens (tertiary/aromatic N) is 3. The van der Waals surface area contributed by atoms with Crippen LogP contribution in [0, 0.1) is 18.2 Å². The Bertz CT molecular complexity index is 755. The zero-order valence-electron chi connectivity index (χ0n) is 12.9. The molecule has 1 aliphatic heterocycles. The van der Waals surface area contributed by atoms with Crippen molar-refractivity contribution in [3.63, 3.8) is 0 Å². The molecule has 3 rings (SSSR count). The minimum atomic E-state index is -0.112. The van der Waals surface area contributed by atoms with Crippen molar-refractivity contribution < 1.29 is 9.53 Å². The van der Waals surface area contributed by atoms with E-state index in [9.17, 15) is 4.79 Å². The first-order chi connectivity index (χ1) is 10.6. The molecule has 1 aromatic heterocycles. The van der Waals surface area contributed by atoms with Crippen LogP contribution in [0.1, 0.15) is 30.1 Å². The molecule has 1 aromatic carbocycles. The lowest BCUT2D eigenvalue weighted by molar-refractivity contribution is 0.0926. The third-order valence-electron chi connectivity index (χ3n) is 4.31. The van der Waals surface area contributed by atoms with Crippen LogP contribution in [-0.4, -0.2) is 28.5 Å². The molecule has 1 saturated heterocycles. The van der Waals surface area contributed by atoms with Crippen LogP contribution >= 0.6 is 0 Å². The zero-order chi connectivity index (χ0) is 15.7. The SMILES string of the molecule is CC(=O)n1ncc2cc(C)c(OC3CCB(C#N)CC3)cc21. The molecule has 0 saturated carbocycles. The molecular formula is C16H18BN3O2. The lowest BCUT2D eigenvalue weighted by atomic mass is 9.42. The van der Waals surface area contributed by atoms with Gasteiger partial charge >= 0.3 is 0 Å². The standard InChI is InChI=1S/C16H18BN3O2/c1-11-7-13-9-19-20(12(2)21)15(13)8-16(11)22-14-3-5-17(10-18)6-4-14/h7-9,14H,3-6H2,1-2H3. The molecule has 6 heteroatoms. The highest BCUT2D eigenvalue weighted by molar-refractivity contribution is 6.67. The van der Waals surface area contributed by atoms with Gasteiger partial charge in [0.25, 0.3) is 6.71 Å². The summed E-state index contributed by atoms with van der Waals surface area (Å²) < 4.78 is 7.53. The van der Waals surface area contributed by atoms with Gasteiger partial charge < -0.3 is 4.74 Å². The fraction of sp³-hybridized carbons (Fsp3) is 0.438. The van der Waals surface area contributed by atoms with Crippen molar-refractivity contribution in [2.45, 2.75) is 45.4 Å². The van der Waals surface area contributed by atoms with Crippen molar-refractivity contribution in [3.8, 4) is 11.7 Å². The summed E-state index contributed by atoms with van der Waals surface area (Å²) in [6.45, 7) is 3.67. The molecule has 0 amide bonds. The average molecular weight is 295 g/mol. The maximum Gasteiger partial charge on any atom is 0.268 e. The number of ether oxygens (including phenoxy) is 1. The molecule has 0 bridgehead atoms. The van der Waals surface area contributed by atoms with Gasteiger partial charge in [-0.15, -0.1) is 0 Å². The molecule has 0 spiro atoms. The number of carbonyl (C=O) groups excluding carboxylic acids is 1. The normalized spacial score (nSPS) is 15.8. The summed E-state index contributed by atoms with van der Waals surface area (Å²) in [6.07, 6.45) is 5.45. The van der Waals surface area contributed by atoms with E-state index in [4.69, 9.17) is 10.00 Å². The summed E-state index contributed by atoms with van der Waals surface area (Å²) in [4.78, 5) is 11.6. The first kappa shape index (κ1) is 14.6. The van der Waals surface area contributed by atoms with E-state index in [0.717, 1.165) is 47.7 Å². The highest BCUT2D eigenvalue weighted by Gasteiger charge is 2.25. The van der Waals surface area contributed by atoms with Crippen molar-refractivity contribution in [1.29, 1.82) is 5.26 Å². The molecular weight excluding hydrogens is 277 g/mol.